The summed E-state index contributed by atoms with van der Waals surface area (Å²) >= 11 is 0. The number of carboxylic acid groups (broad SMARTS) is 1. The van der Waals surface area contributed by atoms with E-state index in [0.29, 0.717) is 0 Å². The van der Waals surface area contributed by atoms with E-state index in [-0.39, 0.29) is 11.8 Å². The zero-order valence-corrected chi connectivity index (χ0v) is 12.0. The van der Waals surface area contributed by atoms with Gasteiger partial charge in [-0.3, -0.25) is 4.79 Å². The van der Waals surface area contributed by atoms with Crippen LogP contribution >= 0.6 is 0 Å². The number of ether oxygens (including phenoxy) is 1. The Balaban J connectivity index is 3.39. The van der Waals surface area contributed by atoms with E-state index in [1.165, 1.54) is 0 Å². The lowest BCUT2D eigenvalue weighted by molar-refractivity contribution is -0.138. The molecule has 0 bridgehead atoms. The molecule has 1 rings (SSSR count). The Hall–Kier alpha value is -1.51. The molecule has 18 heavy (non-hydrogen) atoms. The van der Waals surface area contributed by atoms with Gasteiger partial charge in [-0.25, -0.2) is 0 Å². The fraction of sp³-hybridized carbons (Fsp3) is 0.533. The van der Waals surface area contributed by atoms with E-state index >= 15 is 0 Å². The average Bonchev–Trinajstić information content (AvgIpc) is 2.22. The largest absolute Gasteiger partial charge is 0.496 e. The molecule has 0 fully saturated rings. The highest BCUT2D eigenvalue weighted by Crippen LogP contribution is 2.36. The number of hydrogen-bond acceptors (Lipinski definition) is 2. The van der Waals surface area contributed by atoms with Crippen LogP contribution in [0.1, 0.15) is 42.5 Å². The van der Waals surface area contributed by atoms with Crippen molar-refractivity contribution in [3.05, 3.63) is 28.3 Å². The van der Waals surface area contributed by atoms with Gasteiger partial charge in [0, 0.05) is 5.41 Å². The molecule has 0 spiro atoms. The number of carboxylic acids is 1. The number of aryl methyl sites for hydroxylation is 1. The molecule has 100 valence electrons. The summed E-state index contributed by atoms with van der Waals surface area (Å²) in [4.78, 5) is 11.0. The van der Waals surface area contributed by atoms with Gasteiger partial charge in [-0.05, 0) is 43.0 Å². The second kappa shape index (κ2) is 5.01. The Labute approximate surface area is 109 Å². The van der Waals surface area contributed by atoms with E-state index in [9.17, 15) is 4.79 Å². The van der Waals surface area contributed by atoms with Gasteiger partial charge >= 0.3 is 5.97 Å². The van der Waals surface area contributed by atoms with E-state index in [4.69, 9.17) is 9.84 Å². The summed E-state index contributed by atoms with van der Waals surface area (Å²) in [6.45, 7) is 9.97. The number of carbonyl (C=O) groups is 1. The molecule has 0 heterocycles. The van der Waals surface area contributed by atoms with Crippen molar-refractivity contribution in [2.45, 2.75) is 46.5 Å². The molecule has 0 saturated heterocycles. The second-order valence-electron chi connectivity index (χ2n) is 5.48. The van der Waals surface area contributed by atoms with Crippen LogP contribution in [0.2, 0.25) is 0 Å². The molecule has 1 aromatic carbocycles. The Morgan fingerprint density at radius 2 is 1.83 bits per heavy atom. The molecule has 0 saturated carbocycles. The third kappa shape index (κ3) is 2.66. The van der Waals surface area contributed by atoms with Gasteiger partial charge in [0.25, 0.3) is 0 Å². The lowest BCUT2D eigenvalue weighted by Gasteiger charge is -2.28. The molecule has 0 atom stereocenters. The van der Waals surface area contributed by atoms with E-state index < -0.39 is 5.97 Å². The van der Waals surface area contributed by atoms with Crippen LogP contribution in [0.15, 0.2) is 6.07 Å². The quantitative estimate of drug-likeness (QED) is 0.891. The average molecular weight is 250 g/mol. The molecule has 0 aliphatic heterocycles. The van der Waals surface area contributed by atoms with Crippen molar-refractivity contribution in [3.8, 4) is 5.75 Å². The minimum Gasteiger partial charge on any atom is -0.496 e. The molecule has 1 aromatic rings. The first-order valence-corrected chi connectivity index (χ1v) is 6.07. The molecule has 1 N–H and O–H groups in total. The van der Waals surface area contributed by atoms with Crippen LogP contribution in [-0.4, -0.2) is 18.2 Å². The van der Waals surface area contributed by atoms with Crippen LogP contribution < -0.4 is 4.74 Å². The lowest BCUT2D eigenvalue weighted by atomic mass is 9.77. The Kier molecular flexibility index (Phi) is 4.05. The summed E-state index contributed by atoms with van der Waals surface area (Å²) in [6.07, 6.45) is 0.124. The smallest absolute Gasteiger partial charge is 0.304 e. The van der Waals surface area contributed by atoms with Crippen LogP contribution in [-0.2, 0) is 10.2 Å². The number of methoxy groups -OCH3 is 1. The Bertz CT molecular complexity index is 473. The second-order valence-corrected chi connectivity index (χ2v) is 5.48. The van der Waals surface area contributed by atoms with Crippen molar-refractivity contribution in [1.82, 2.24) is 0 Å². The van der Waals surface area contributed by atoms with Gasteiger partial charge in [0.2, 0.25) is 0 Å². The predicted octanol–water partition coefficient (Wildman–Crippen LogP) is 3.37. The van der Waals surface area contributed by atoms with Crippen LogP contribution in [0.4, 0.5) is 0 Å². The van der Waals surface area contributed by atoms with Crippen molar-refractivity contribution < 1.29 is 14.6 Å². The summed E-state index contributed by atoms with van der Waals surface area (Å²) in [5.41, 5.74) is 3.96. The molecular weight excluding hydrogens is 228 g/mol. The zero-order chi connectivity index (χ0) is 14.1. The fourth-order valence-electron chi connectivity index (χ4n) is 2.55. The third-order valence-electron chi connectivity index (χ3n) is 3.55. The van der Waals surface area contributed by atoms with Gasteiger partial charge < -0.3 is 9.84 Å². The summed E-state index contributed by atoms with van der Waals surface area (Å²) < 4.78 is 5.39. The van der Waals surface area contributed by atoms with Crippen molar-refractivity contribution in [3.63, 3.8) is 0 Å². The predicted molar refractivity (Wildman–Crippen MR) is 72.5 cm³/mol. The standard InChI is InChI=1S/C15H22O3/c1-9-7-12(15(4,5)8-13(16)17)10(2)11(3)14(9)18-6/h7H,8H2,1-6H3,(H,16,17). The zero-order valence-electron chi connectivity index (χ0n) is 12.0. The normalized spacial score (nSPS) is 11.4. The summed E-state index contributed by atoms with van der Waals surface area (Å²) in [5, 5.41) is 9.02. The molecule has 0 aliphatic rings. The van der Waals surface area contributed by atoms with Gasteiger partial charge in [0.1, 0.15) is 5.75 Å². The van der Waals surface area contributed by atoms with Crippen molar-refractivity contribution in [1.29, 1.82) is 0 Å². The molecule has 0 aliphatic carbocycles. The van der Waals surface area contributed by atoms with Crippen molar-refractivity contribution in [2.24, 2.45) is 0 Å². The number of benzene rings is 1. The summed E-state index contributed by atoms with van der Waals surface area (Å²) in [7, 11) is 1.66. The lowest BCUT2D eigenvalue weighted by Crippen LogP contribution is -2.23. The maximum absolute atomic E-state index is 11.0. The monoisotopic (exact) mass is 250 g/mol. The Morgan fingerprint density at radius 1 is 1.28 bits per heavy atom. The maximum atomic E-state index is 11.0. The SMILES string of the molecule is COc1c(C)cc(C(C)(C)CC(=O)O)c(C)c1C. The molecule has 0 aromatic heterocycles. The molecule has 3 nitrogen and oxygen atoms in total. The first kappa shape index (κ1) is 14.6. The van der Waals surface area contributed by atoms with Crippen LogP contribution in [0, 0.1) is 20.8 Å². The fourth-order valence-corrected chi connectivity index (χ4v) is 2.55. The van der Waals surface area contributed by atoms with E-state index in [1.54, 1.807) is 7.11 Å². The van der Waals surface area contributed by atoms with E-state index in [1.807, 2.05) is 40.7 Å². The molecule has 0 unspecified atom stereocenters. The minimum absolute atomic E-state index is 0.124. The van der Waals surface area contributed by atoms with Crippen LogP contribution in [0.25, 0.3) is 0 Å². The highest BCUT2D eigenvalue weighted by Gasteiger charge is 2.27. The molecule has 3 heteroatoms. The number of hydrogen-bond donors (Lipinski definition) is 1. The molecular formula is C15H22O3. The first-order valence-electron chi connectivity index (χ1n) is 6.07. The molecule has 0 radical (unpaired) electrons. The number of rotatable bonds is 4. The van der Waals surface area contributed by atoms with E-state index in [2.05, 4.69) is 0 Å². The highest BCUT2D eigenvalue weighted by molar-refractivity contribution is 5.69. The summed E-state index contributed by atoms with van der Waals surface area (Å²) in [6, 6.07) is 2.05. The van der Waals surface area contributed by atoms with Gasteiger partial charge in [-0.1, -0.05) is 19.9 Å². The van der Waals surface area contributed by atoms with Crippen LogP contribution in [0.5, 0.6) is 5.75 Å². The van der Waals surface area contributed by atoms with E-state index in [0.717, 1.165) is 28.0 Å². The molecule has 0 amide bonds. The summed E-state index contributed by atoms with van der Waals surface area (Å²) in [5.74, 6) is 0.118. The number of aliphatic carboxylic acids is 1. The van der Waals surface area contributed by atoms with Gasteiger partial charge in [0.15, 0.2) is 0 Å². The van der Waals surface area contributed by atoms with Gasteiger partial charge in [-0.2, -0.15) is 0 Å². The third-order valence-corrected chi connectivity index (χ3v) is 3.55. The van der Waals surface area contributed by atoms with Gasteiger partial charge in [0.05, 0.1) is 13.5 Å². The topological polar surface area (TPSA) is 46.5 Å². The van der Waals surface area contributed by atoms with Gasteiger partial charge in [-0.15, -0.1) is 0 Å². The van der Waals surface area contributed by atoms with Crippen LogP contribution in [0.3, 0.4) is 0 Å². The minimum atomic E-state index is -0.773. The first-order chi connectivity index (χ1) is 8.20. The van der Waals surface area contributed by atoms with Crippen molar-refractivity contribution >= 4 is 5.97 Å². The highest BCUT2D eigenvalue weighted by atomic mass is 16.5. The maximum Gasteiger partial charge on any atom is 0.304 e. The van der Waals surface area contributed by atoms with Crippen molar-refractivity contribution in [2.75, 3.05) is 7.11 Å². The Morgan fingerprint density at radius 3 is 2.28 bits per heavy atom.